The van der Waals surface area contributed by atoms with Gasteiger partial charge in [0.2, 0.25) is 0 Å². The third kappa shape index (κ3) is 1.99. The van der Waals surface area contributed by atoms with Gasteiger partial charge in [0.15, 0.2) is 11.5 Å². The van der Waals surface area contributed by atoms with Gasteiger partial charge in [-0.15, -0.1) is 10.2 Å². The van der Waals surface area contributed by atoms with Crippen molar-refractivity contribution in [1.82, 2.24) is 14.6 Å². The molecule has 132 valence electrons. The summed E-state index contributed by atoms with van der Waals surface area (Å²) in [6.07, 6.45) is 0. The van der Waals surface area contributed by atoms with Crippen LogP contribution < -0.4 is 0 Å². The van der Waals surface area contributed by atoms with Gasteiger partial charge >= 0.3 is 0 Å². The average Bonchev–Trinajstić information content (AvgIpc) is 3.19. The second-order valence-corrected chi connectivity index (χ2v) is 7.22. The smallest absolute Gasteiger partial charge is 0.169 e. The van der Waals surface area contributed by atoms with Gasteiger partial charge in [-0.25, -0.2) is 0 Å². The maximum atomic E-state index is 4.66. The molecule has 6 rings (SSSR count). The largest absolute Gasteiger partial charge is 0.274 e. The van der Waals surface area contributed by atoms with E-state index in [1.54, 1.807) is 0 Å². The number of aryl methyl sites for hydroxylation is 1. The summed E-state index contributed by atoms with van der Waals surface area (Å²) in [5.41, 5.74) is 4.40. The van der Waals surface area contributed by atoms with Crippen LogP contribution in [0.15, 0.2) is 84.9 Å². The molecule has 2 heterocycles. The fourth-order valence-corrected chi connectivity index (χ4v) is 4.33. The highest BCUT2D eigenvalue weighted by Gasteiger charge is 2.17. The van der Waals surface area contributed by atoms with Crippen LogP contribution in [0.4, 0.5) is 0 Å². The summed E-state index contributed by atoms with van der Waals surface area (Å²) in [7, 11) is 0. The standard InChI is InChI=1S/C25H17N3/c1-16-8-6-13-18-17(16)12-7-14-22(18)25-27-26-24-21-11-3-2-9-19(21)20-10-4-5-15-23(20)28(24)25/h2-15H,1H3. The maximum absolute atomic E-state index is 4.66. The molecule has 0 fully saturated rings. The molecule has 0 spiro atoms. The molecule has 0 bridgehead atoms. The maximum Gasteiger partial charge on any atom is 0.169 e. The Labute approximate surface area is 161 Å². The number of benzene rings is 4. The van der Waals surface area contributed by atoms with E-state index < -0.39 is 0 Å². The predicted octanol–water partition coefficient (Wildman–Crippen LogP) is 6.16. The summed E-state index contributed by atoms with van der Waals surface area (Å²) >= 11 is 0. The van der Waals surface area contributed by atoms with E-state index >= 15 is 0 Å². The fraction of sp³-hybridized carbons (Fsp3) is 0.0400. The van der Waals surface area contributed by atoms with Crippen LogP contribution >= 0.6 is 0 Å². The Morgan fingerprint density at radius 2 is 1.25 bits per heavy atom. The highest BCUT2D eigenvalue weighted by atomic mass is 15.2. The molecule has 0 saturated heterocycles. The summed E-state index contributed by atoms with van der Waals surface area (Å²) < 4.78 is 2.20. The van der Waals surface area contributed by atoms with Gasteiger partial charge in [-0.2, -0.15) is 0 Å². The lowest BCUT2D eigenvalue weighted by molar-refractivity contribution is 1.12. The molecule has 0 amide bonds. The van der Waals surface area contributed by atoms with E-state index in [1.807, 2.05) is 0 Å². The van der Waals surface area contributed by atoms with Crippen molar-refractivity contribution in [2.75, 3.05) is 0 Å². The highest BCUT2D eigenvalue weighted by Crippen LogP contribution is 2.34. The molecule has 0 radical (unpaired) electrons. The van der Waals surface area contributed by atoms with Crippen LogP contribution in [0.25, 0.3) is 49.5 Å². The first-order valence-corrected chi connectivity index (χ1v) is 9.46. The Kier molecular flexibility index (Phi) is 3.09. The quantitative estimate of drug-likeness (QED) is 0.329. The third-order valence-corrected chi connectivity index (χ3v) is 5.65. The van der Waals surface area contributed by atoms with Crippen molar-refractivity contribution < 1.29 is 0 Å². The van der Waals surface area contributed by atoms with Crippen LogP contribution in [0.5, 0.6) is 0 Å². The second kappa shape index (κ2) is 5.64. The molecule has 0 aliphatic carbocycles. The highest BCUT2D eigenvalue weighted by molar-refractivity contribution is 6.12. The average molecular weight is 359 g/mol. The molecule has 28 heavy (non-hydrogen) atoms. The Hall–Kier alpha value is -3.72. The van der Waals surface area contributed by atoms with E-state index in [1.165, 1.54) is 27.1 Å². The van der Waals surface area contributed by atoms with Crippen LogP contribution in [0, 0.1) is 6.92 Å². The summed E-state index contributed by atoms with van der Waals surface area (Å²) in [5.74, 6) is 0.883. The molecule has 0 atom stereocenters. The van der Waals surface area contributed by atoms with Crippen LogP contribution in [0.2, 0.25) is 0 Å². The summed E-state index contributed by atoms with van der Waals surface area (Å²) in [5, 5.41) is 15.3. The first kappa shape index (κ1) is 15.3. The lowest BCUT2D eigenvalue weighted by Gasteiger charge is -2.11. The van der Waals surface area contributed by atoms with E-state index in [4.69, 9.17) is 0 Å². The normalized spacial score (nSPS) is 11.8. The zero-order valence-electron chi connectivity index (χ0n) is 15.4. The first-order valence-electron chi connectivity index (χ1n) is 9.46. The van der Waals surface area contributed by atoms with Crippen LogP contribution in [0.3, 0.4) is 0 Å². The van der Waals surface area contributed by atoms with Gasteiger partial charge in [0, 0.05) is 16.3 Å². The minimum atomic E-state index is 0.883. The minimum absolute atomic E-state index is 0.883. The first-order chi connectivity index (χ1) is 13.8. The van der Waals surface area contributed by atoms with Gasteiger partial charge in [-0.3, -0.25) is 4.40 Å². The molecule has 0 N–H and O–H groups in total. The predicted molar refractivity (Wildman–Crippen MR) is 116 cm³/mol. The monoisotopic (exact) mass is 359 g/mol. The SMILES string of the molecule is Cc1cccc2c(-c3nnc4c5ccccc5c5ccccc5n34)cccc12. The molecule has 0 aliphatic rings. The van der Waals surface area contributed by atoms with Crippen molar-refractivity contribution in [3.05, 3.63) is 90.5 Å². The number of hydrogen-bond donors (Lipinski definition) is 0. The zero-order chi connectivity index (χ0) is 18.7. The molecular formula is C25H17N3. The number of fused-ring (bicyclic) bond motifs is 7. The summed E-state index contributed by atoms with van der Waals surface area (Å²) in [6.45, 7) is 2.15. The molecular weight excluding hydrogens is 342 g/mol. The van der Waals surface area contributed by atoms with Crippen LogP contribution in [-0.4, -0.2) is 14.6 Å². The molecule has 0 saturated carbocycles. The van der Waals surface area contributed by atoms with Gasteiger partial charge in [0.25, 0.3) is 0 Å². The van der Waals surface area contributed by atoms with E-state index in [2.05, 4.69) is 106 Å². The van der Waals surface area contributed by atoms with Crippen molar-refractivity contribution in [3.8, 4) is 11.4 Å². The summed E-state index contributed by atoms with van der Waals surface area (Å²) in [6, 6.07) is 29.8. The van der Waals surface area contributed by atoms with Crippen molar-refractivity contribution in [3.63, 3.8) is 0 Å². The minimum Gasteiger partial charge on any atom is -0.274 e. The number of nitrogens with zero attached hydrogens (tertiary/aromatic N) is 3. The number of rotatable bonds is 1. The Morgan fingerprint density at radius 1 is 0.571 bits per heavy atom. The van der Waals surface area contributed by atoms with Crippen LogP contribution in [0.1, 0.15) is 5.56 Å². The lowest BCUT2D eigenvalue weighted by Crippen LogP contribution is -1.95. The van der Waals surface area contributed by atoms with Gasteiger partial charge in [0.05, 0.1) is 5.52 Å². The molecule has 2 aromatic heterocycles. The van der Waals surface area contributed by atoms with Crippen molar-refractivity contribution in [2.45, 2.75) is 6.92 Å². The Balaban J connectivity index is 1.84. The van der Waals surface area contributed by atoms with E-state index in [0.29, 0.717) is 0 Å². The van der Waals surface area contributed by atoms with Crippen LogP contribution in [-0.2, 0) is 0 Å². The van der Waals surface area contributed by atoms with Crippen molar-refractivity contribution in [2.24, 2.45) is 0 Å². The third-order valence-electron chi connectivity index (χ3n) is 5.65. The number of pyridine rings is 1. The van der Waals surface area contributed by atoms with E-state index in [9.17, 15) is 0 Å². The van der Waals surface area contributed by atoms with Gasteiger partial charge in [-0.1, -0.05) is 78.9 Å². The van der Waals surface area contributed by atoms with Gasteiger partial charge < -0.3 is 0 Å². The number of hydrogen-bond acceptors (Lipinski definition) is 2. The number of aromatic nitrogens is 3. The number of para-hydroxylation sites is 1. The Bertz CT molecular complexity index is 1530. The fourth-order valence-electron chi connectivity index (χ4n) is 4.33. The van der Waals surface area contributed by atoms with Gasteiger partial charge in [0.1, 0.15) is 0 Å². The van der Waals surface area contributed by atoms with Gasteiger partial charge in [-0.05, 0) is 34.7 Å². The zero-order valence-corrected chi connectivity index (χ0v) is 15.4. The van der Waals surface area contributed by atoms with Crippen molar-refractivity contribution in [1.29, 1.82) is 0 Å². The lowest BCUT2D eigenvalue weighted by atomic mass is 10.00. The molecule has 6 aromatic rings. The van der Waals surface area contributed by atoms with Crippen molar-refractivity contribution >= 4 is 38.1 Å². The molecule has 3 heteroatoms. The molecule has 0 aliphatic heterocycles. The second-order valence-electron chi connectivity index (χ2n) is 7.22. The molecule has 0 unspecified atom stereocenters. The summed E-state index contributed by atoms with van der Waals surface area (Å²) in [4.78, 5) is 0. The van der Waals surface area contributed by atoms with E-state index in [0.717, 1.165) is 27.9 Å². The van der Waals surface area contributed by atoms with E-state index in [-0.39, 0.29) is 0 Å². The Morgan fingerprint density at radius 3 is 2.14 bits per heavy atom. The topological polar surface area (TPSA) is 30.2 Å². The molecule has 4 aromatic carbocycles. The molecule has 3 nitrogen and oxygen atoms in total.